The van der Waals surface area contributed by atoms with Crippen molar-refractivity contribution in [2.45, 2.75) is 19.9 Å². The standard InChI is InChI=1S/C14H23N3O3S2/c1-12-15-14(10-21-12)8-16-3-5-17(6-4-16)22(18,19)11-13-2-7-20-9-13/h10,13H,2-9,11H2,1H3/t13-/m1/s1. The first-order valence-corrected chi connectivity index (χ1v) is 10.2. The molecule has 2 saturated heterocycles. The van der Waals surface area contributed by atoms with E-state index in [0.717, 1.165) is 36.8 Å². The molecular weight excluding hydrogens is 322 g/mol. The second kappa shape index (κ2) is 6.92. The Morgan fingerprint density at radius 3 is 2.73 bits per heavy atom. The van der Waals surface area contributed by atoms with E-state index in [9.17, 15) is 8.42 Å². The molecule has 2 aliphatic rings. The van der Waals surface area contributed by atoms with Crippen LogP contribution in [0.4, 0.5) is 0 Å². The summed E-state index contributed by atoms with van der Waals surface area (Å²) in [5.74, 6) is 0.402. The summed E-state index contributed by atoms with van der Waals surface area (Å²) in [6, 6.07) is 0. The van der Waals surface area contributed by atoms with Gasteiger partial charge in [-0.05, 0) is 19.3 Å². The molecule has 0 aliphatic carbocycles. The van der Waals surface area contributed by atoms with Crippen LogP contribution in [-0.4, -0.2) is 67.8 Å². The lowest BCUT2D eigenvalue weighted by Gasteiger charge is -2.34. The maximum atomic E-state index is 12.5. The fourth-order valence-electron chi connectivity index (χ4n) is 2.99. The molecule has 3 heterocycles. The molecule has 1 aromatic rings. The number of hydrogen-bond acceptors (Lipinski definition) is 6. The molecule has 1 atom stereocenters. The number of thiazole rings is 1. The summed E-state index contributed by atoms with van der Waals surface area (Å²) < 4.78 is 31.8. The van der Waals surface area contributed by atoms with Crippen LogP contribution in [0.3, 0.4) is 0 Å². The summed E-state index contributed by atoms with van der Waals surface area (Å²) in [7, 11) is -3.15. The van der Waals surface area contributed by atoms with Crippen LogP contribution in [0.1, 0.15) is 17.1 Å². The molecule has 0 bridgehead atoms. The van der Waals surface area contributed by atoms with E-state index in [4.69, 9.17) is 4.74 Å². The van der Waals surface area contributed by atoms with Crippen LogP contribution in [0, 0.1) is 12.8 Å². The van der Waals surface area contributed by atoms with Crippen molar-refractivity contribution in [2.24, 2.45) is 5.92 Å². The Hall–Kier alpha value is -0.540. The maximum absolute atomic E-state index is 12.5. The van der Waals surface area contributed by atoms with Crippen LogP contribution in [-0.2, 0) is 21.3 Å². The van der Waals surface area contributed by atoms with E-state index < -0.39 is 10.0 Å². The average Bonchev–Trinajstić information content (AvgIpc) is 3.11. The molecule has 22 heavy (non-hydrogen) atoms. The summed E-state index contributed by atoms with van der Waals surface area (Å²) in [6.07, 6.45) is 0.863. The van der Waals surface area contributed by atoms with Crippen LogP contribution in [0.2, 0.25) is 0 Å². The highest BCUT2D eigenvalue weighted by Gasteiger charge is 2.30. The topological polar surface area (TPSA) is 62.7 Å². The Balaban J connectivity index is 1.50. The van der Waals surface area contributed by atoms with Crippen molar-refractivity contribution in [2.75, 3.05) is 45.1 Å². The van der Waals surface area contributed by atoms with Gasteiger partial charge in [-0.15, -0.1) is 11.3 Å². The molecule has 0 amide bonds. The molecule has 3 rings (SSSR count). The summed E-state index contributed by atoms with van der Waals surface area (Å²) >= 11 is 1.66. The lowest BCUT2D eigenvalue weighted by Crippen LogP contribution is -2.49. The van der Waals surface area contributed by atoms with E-state index in [1.54, 1.807) is 15.6 Å². The number of ether oxygens (including phenoxy) is 1. The van der Waals surface area contributed by atoms with Crippen molar-refractivity contribution in [1.29, 1.82) is 0 Å². The highest BCUT2D eigenvalue weighted by Crippen LogP contribution is 2.19. The maximum Gasteiger partial charge on any atom is 0.214 e. The molecule has 0 spiro atoms. The zero-order valence-corrected chi connectivity index (χ0v) is 14.5. The monoisotopic (exact) mass is 345 g/mol. The molecule has 0 unspecified atom stereocenters. The van der Waals surface area contributed by atoms with E-state index >= 15 is 0 Å². The fraction of sp³-hybridized carbons (Fsp3) is 0.786. The van der Waals surface area contributed by atoms with E-state index in [-0.39, 0.29) is 11.7 Å². The van der Waals surface area contributed by atoms with Crippen molar-refractivity contribution in [3.8, 4) is 0 Å². The minimum Gasteiger partial charge on any atom is -0.381 e. The molecule has 2 aliphatic heterocycles. The van der Waals surface area contributed by atoms with E-state index in [2.05, 4.69) is 15.3 Å². The van der Waals surface area contributed by atoms with Gasteiger partial charge in [0, 0.05) is 44.7 Å². The normalized spacial score (nSPS) is 24.9. The summed E-state index contributed by atoms with van der Waals surface area (Å²) in [5.41, 5.74) is 1.09. The summed E-state index contributed by atoms with van der Waals surface area (Å²) in [6.45, 7) is 6.81. The van der Waals surface area contributed by atoms with Gasteiger partial charge in [-0.2, -0.15) is 4.31 Å². The molecule has 1 aromatic heterocycles. The first kappa shape index (κ1) is 16.3. The van der Waals surface area contributed by atoms with Gasteiger partial charge in [0.1, 0.15) is 0 Å². The molecule has 0 aromatic carbocycles. The lowest BCUT2D eigenvalue weighted by atomic mass is 10.2. The minimum atomic E-state index is -3.15. The fourth-order valence-corrected chi connectivity index (χ4v) is 5.39. The predicted molar refractivity (Wildman–Crippen MR) is 86.4 cm³/mol. The highest BCUT2D eigenvalue weighted by atomic mass is 32.2. The molecule has 0 radical (unpaired) electrons. The highest BCUT2D eigenvalue weighted by molar-refractivity contribution is 7.89. The Morgan fingerprint density at radius 2 is 2.14 bits per heavy atom. The van der Waals surface area contributed by atoms with E-state index in [1.807, 2.05) is 6.92 Å². The molecule has 6 nitrogen and oxygen atoms in total. The van der Waals surface area contributed by atoms with Gasteiger partial charge in [0.05, 0.1) is 23.1 Å². The largest absolute Gasteiger partial charge is 0.381 e. The molecular formula is C14H23N3O3S2. The molecule has 0 N–H and O–H groups in total. The quantitative estimate of drug-likeness (QED) is 0.795. The number of piperazine rings is 1. The number of rotatable bonds is 5. The second-order valence-corrected chi connectivity index (χ2v) is 9.12. The van der Waals surface area contributed by atoms with Gasteiger partial charge >= 0.3 is 0 Å². The minimum absolute atomic E-state index is 0.168. The zero-order valence-electron chi connectivity index (χ0n) is 12.9. The third kappa shape index (κ3) is 4.05. The Morgan fingerprint density at radius 1 is 1.36 bits per heavy atom. The third-order valence-corrected chi connectivity index (χ3v) is 7.11. The number of aromatic nitrogens is 1. The van der Waals surface area contributed by atoms with Crippen LogP contribution >= 0.6 is 11.3 Å². The van der Waals surface area contributed by atoms with Crippen molar-refractivity contribution < 1.29 is 13.2 Å². The number of hydrogen-bond donors (Lipinski definition) is 0. The molecule has 124 valence electrons. The summed E-state index contributed by atoms with van der Waals surface area (Å²) in [5, 5.41) is 3.16. The van der Waals surface area contributed by atoms with Crippen LogP contribution in [0.5, 0.6) is 0 Å². The lowest BCUT2D eigenvalue weighted by molar-refractivity contribution is 0.177. The number of nitrogens with zero attached hydrogens (tertiary/aromatic N) is 3. The smallest absolute Gasteiger partial charge is 0.214 e. The van der Waals surface area contributed by atoms with Gasteiger partial charge < -0.3 is 4.74 Å². The van der Waals surface area contributed by atoms with Gasteiger partial charge in [-0.1, -0.05) is 0 Å². The van der Waals surface area contributed by atoms with E-state index in [0.29, 0.717) is 26.3 Å². The van der Waals surface area contributed by atoms with Gasteiger partial charge in [-0.25, -0.2) is 13.4 Å². The first-order valence-electron chi connectivity index (χ1n) is 7.72. The third-order valence-electron chi connectivity index (χ3n) is 4.25. The first-order chi connectivity index (χ1) is 10.5. The average molecular weight is 345 g/mol. The predicted octanol–water partition coefficient (Wildman–Crippen LogP) is 0.935. The van der Waals surface area contributed by atoms with Crippen LogP contribution in [0.25, 0.3) is 0 Å². The Bertz CT molecular complexity index is 588. The van der Waals surface area contributed by atoms with Crippen LogP contribution < -0.4 is 0 Å². The molecule has 2 fully saturated rings. The zero-order chi connectivity index (χ0) is 15.6. The van der Waals surface area contributed by atoms with Gasteiger partial charge in [0.15, 0.2) is 0 Å². The Labute approximate surface area is 136 Å². The molecule has 0 saturated carbocycles. The van der Waals surface area contributed by atoms with Crippen molar-refractivity contribution >= 4 is 21.4 Å². The van der Waals surface area contributed by atoms with Gasteiger partial charge in [0.2, 0.25) is 10.0 Å². The summed E-state index contributed by atoms with van der Waals surface area (Å²) in [4.78, 5) is 6.75. The SMILES string of the molecule is Cc1nc(CN2CCN(S(=O)(=O)C[C@@H]3CCOC3)CC2)cs1. The van der Waals surface area contributed by atoms with Crippen molar-refractivity contribution in [3.63, 3.8) is 0 Å². The van der Waals surface area contributed by atoms with E-state index in [1.165, 1.54) is 0 Å². The Kier molecular flexibility index (Phi) is 5.13. The number of aryl methyl sites for hydroxylation is 1. The second-order valence-electron chi connectivity index (χ2n) is 6.04. The molecule has 8 heteroatoms. The van der Waals surface area contributed by atoms with Crippen molar-refractivity contribution in [3.05, 3.63) is 16.1 Å². The van der Waals surface area contributed by atoms with Gasteiger partial charge in [-0.3, -0.25) is 4.90 Å². The van der Waals surface area contributed by atoms with Crippen LogP contribution in [0.15, 0.2) is 5.38 Å². The van der Waals surface area contributed by atoms with Gasteiger partial charge in [0.25, 0.3) is 0 Å². The van der Waals surface area contributed by atoms with Crippen molar-refractivity contribution in [1.82, 2.24) is 14.2 Å². The number of sulfonamides is 1.